The first-order chi connectivity index (χ1) is 24.2. The molecule has 10 rings (SSSR count). The van der Waals surface area contributed by atoms with E-state index in [9.17, 15) is 0 Å². The molecule has 4 heterocycles. The second kappa shape index (κ2) is 10.8. The van der Waals surface area contributed by atoms with Crippen LogP contribution in [0, 0.1) is 0 Å². The van der Waals surface area contributed by atoms with Gasteiger partial charge >= 0.3 is 0 Å². The van der Waals surface area contributed by atoms with E-state index in [0.29, 0.717) is 57.0 Å². The summed E-state index contributed by atoms with van der Waals surface area (Å²) >= 11 is 0. The third-order valence-electron chi connectivity index (χ3n) is 8.61. The van der Waals surface area contributed by atoms with Crippen LogP contribution in [0.2, 0.25) is 0 Å². The maximum Gasteiger partial charge on any atom is 0.227 e. The van der Waals surface area contributed by atoms with Crippen molar-refractivity contribution >= 4 is 44.1 Å². The SMILES string of the molecule is c1ccc(-c2nc3cc(-c4nc(-c5ccc6oc(-c7ccccc7)nc6c5)nc(-c5cccc6c5oc5ccccc56)n4)ccc3o2)cc1. The van der Waals surface area contributed by atoms with Gasteiger partial charge < -0.3 is 13.3 Å². The van der Waals surface area contributed by atoms with Gasteiger partial charge in [-0.3, -0.25) is 0 Å². The van der Waals surface area contributed by atoms with E-state index in [-0.39, 0.29) is 0 Å². The average Bonchev–Trinajstić information content (AvgIpc) is 3.90. The molecule has 10 aromatic rings. The molecule has 0 N–H and O–H groups in total. The van der Waals surface area contributed by atoms with Crippen LogP contribution in [-0.2, 0) is 0 Å². The van der Waals surface area contributed by atoms with Crippen molar-refractivity contribution in [2.75, 3.05) is 0 Å². The lowest BCUT2D eigenvalue weighted by Crippen LogP contribution is -2.00. The molecule has 0 fully saturated rings. The monoisotopic (exact) mass is 633 g/mol. The molecule has 0 aliphatic heterocycles. The molecule has 49 heavy (non-hydrogen) atoms. The van der Waals surface area contributed by atoms with Crippen molar-refractivity contribution in [3.05, 3.63) is 140 Å². The summed E-state index contributed by atoms with van der Waals surface area (Å²) in [5.41, 5.74) is 8.40. The minimum atomic E-state index is 0.486. The predicted octanol–water partition coefficient (Wildman–Crippen LogP) is 10.4. The Balaban J connectivity index is 1.15. The molecule has 0 radical (unpaired) electrons. The molecule has 0 aliphatic rings. The Morgan fingerprint density at radius 3 is 1.49 bits per heavy atom. The zero-order chi connectivity index (χ0) is 32.3. The Morgan fingerprint density at radius 2 is 0.878 bits per heavy atom. The summed E-state index contributed by atoms with van der Waals surface area (Å²) in [6.45, 7) is 0. The molecule has 230 valence electrons. The van der Waals surface area contributed by atoms with Crippen LogP contribution in [-0.4, -0.2) is 24.9 Å². The lowest BCUT2D eigenvalue weighted by Gasteiger charge is -2.08. The summed E-state index contributed by atoms with van der Waals surface area (Å²) in [6.07, 6.45) is 0. The van der Waals surface area contributed by atoms with E-state index in [2.05, 4.69) is 12.1 Å². The van der Waals surface area contributed by atoms with Crippen LogP contribution < -0.4 is 0 Å². The largest absolute Gasteiger partial charge is 0.455 e. The summed E-state index contributed by atoms with van der Waals surface area (Å²) in [6, 6.07) is 45.3. The molecule has 0 atom stereocenters. The van der Waals surface area contributed by atoms with Gasteiger partial charge in [0.05, 0.1) is 5.56 Å². The van der Waals surface area contributed by atoms with E-state index in [0.717, 1.165) is 44.2 Å². The topological polar surface area (TPSA) is 104 Å². The number of furan rings is 1. The van der Waals surface area contributed by atoms with Gasteiger partial charge in [-0.05, 0) is 72.8 Å². The fraction of sp³-hybridized carbons (Fsp3) is 0. The van der Waals surface area contributed by atoms with Crippen LogP contribution in [0.5, 0.6) is 0 Å². The predicted molar refractivity (Wildman–Crippen MR) is 189 cm³/mol. The second-order valence-electron chi connectivity index (χ2n) is 11.7. The molecule has 0 amide bonds. The number of fused-ring (bicyclic) bond motifs is 5. The minimum Gasteiger partial charge on any atom is -0.455 e. The van der Waals surface area contributed by atoms with E-state index in [1.54, 1.807) is 0 Å². The molecule has 0 saturated carbocycles. The highest BCUT2D eigenvalue weighted by Gasteiger charge is 2.19. The highest BCUT2D eigenvalue weighted by Crippen LogP contribution is 2.36. The summed E-state index contributed by atoms with van der Waals surface area (Å²) < 4.78 is 18.6. The first kappa shape index (κ1) is 27.2. The van der Waals surface area contributed by atoms with Crippen LogP contribution in [0.4, 0.5) is 0 Å². The third kappa shape index (κ3) is 4.65. The number of benzene rings is 6. The third-order valence-corrected chi connectivity index (χ3v) is 8.61. The lowest BCUT2D eigenvalue weighted by molar-refractivity contribution is 0.619. The van der Waals surface area contributed by atoms with Gasteiger partial charge in [0, 0.05) is 33.0 Å². The molecule has 8 nitrogen and oxygen atoms in total. The van der Waals surface area contributed by atoms with Crippen molar-refractivity contribution in [2.24, 2.45) is 0 Å². The van der Waals surface area contributed by atoms with Gasteiger partial charge in [0.2, 0.25) is 11.8 Å². The highest BCUT2D eigenvalue weighted by atomic mass is 16.4. The van der Waals surface area contributed by atoms with Gasteiger partial charge in [-0.1, -0.05) is 66.7 Å². The Hall–Kier alpha value is -6.93. The van der Waals surface area contributed by atoms with Crippen molar-refractivity contribution in [1.29, 1.82) is 0 Å². The number of oxazole rings is 2. The van der Waals surface area contributed by atoms with Crippen LogP contribution in [0.1, 0.15) is 0 Å². The molecule has 6 aromatic carbocycles. The van der Waals surface area contributed by atoms with E-state index >= 15 is 0 Å². The summed E-state index contributed by atoms with van der Waals surface area (Å²) in [5.74, 6) is 2.57. The van der Waals surface area contributed by atoms with Crippen molar-refractivity contribution in [2.45, 2.75) is 0 Å². The van der Waals surface area contributed by atoms with Crippen LogP contribution in [0.25, 0.3) is 101 Å². The van der Waals surface area contributed by atoms with Crippen molar-refractivity contribution < 1.29 is 13.3 Å². The normalized spacial score (nSPS) is 11.7. The smallest absolute Gasteiger partial charge is 0.227 e. The highest BCUT2D eigenvalue weighted by molar-refractivity contribution is 6.09. The second-order valence-corrected chi connectivity index (χ2v) is 11.7. The van der Waals surface area contributed by atoms with E-state index in [1.165, 1.54) is 0 Å². The lowest BCUT2D eigenvalue weighted by atomic mass is 10.1. The molecule has 0 spiro atoms. The molecule has 0 bridgehead atoms. The van der Waals surface area contributed by atoms with Gasteiger partial charge in [0.15, 0.2) is 28.6 Å². The fourth-order valence-electron chi connectivity index (χ4n) is 6.22. The molecule has 0 unspecified atom stereocenters. The number of aromatic nitrogens is 5. The first-order valence-corrected chi connectivity index (χ1v) is 15.8. The molecule has 0 saturated heterocycles. The number of hydrogen-bond acceptors (Lipinski definition) is 8. The van der Waals surface area contributed by atoms with Gasteiger partial charge in [0.25, 0.3) is 0 Å². The Kier molecular flexibility index (Phi) is 6.01. The van der Waals surface area contributed by atoms with Gasteiger partial charge in [0.1, 0.15) is 22.2 Å². The van der Waals surface area contributed by atoms with Crippen molar-refractivity contribution in [3.63, 3.8) is 0 Å². The molecular weight excluding hydrogens is 610 g/mol. The molecule has 8 heteroatoms. The maximum atomic E-state index is 6.39. The van der Waals surface area contributed by atoms with Gasteiger partial charge in [-0.15, -0.1) is 0 Å². The molecule has 0 aliphatic carbocycles. The van der Waals surface area contributed by atoms with Crippen LogP contribution in [0.15, 0.2) is 153 Å². The van der Waals surface area contributed by atoms with Crippen LogP contribution >= 0.6 is 0 Å². The Labute approximate surface area is 278 Å². The zero-order valence-electron chi connectivity index (χ0n) is 25.7. The van der Waals surface area contributed by atoms with E-state index < -0.39 is 0 Å². The van der Waals surface area contributed by atoms with E-state index in [1.807, 2.05) is 127 Å². The maximum absolute atomic E-state index is 6.39. The number of hydrogen-bond donors (Lipinski definition) is 0. The minimum absolute atomic E-state index is 0.486. The molecular formula is C41H23N5O3. The van der Waals surface area contributed by atoms with E-state index in [4.69, 9.17) is 38.2 Å². The molecule has 4 aromatic heterocycles. The summed E-state index contributed by atoms with van der Waals surface area (Å²) in [4.78, 5) is 24.6. The first-order valence-electron chi connectivity index (χ1n) is 15.8. The number of nitrogens with zero attached hydrogens (tertiary/aromatic N) is 5. The summed E-state index contributed by atoms with van der Waals surface area (Å²) in [5, 5.41) is 2.02. The van der Waals surface area contributed by atoms with Gasteiger partial charge in [-0.25, -0.2) is 24.9 Å². The van der Waals surface area contributed by atoms with Gasteiger partial charge in [-0.2, -0.15) is 0 Å². The quantitative estimate of drug-likeness (QED) is 0.184. The van der Waals surface area contributed by atoms with Crippen molar-refractivity contribution in [1.82, 2.24) is 24.9 Å². The number of para-hydroxylation sites is 2. The Morgan fingerprint density at radius 1 is 0.347 bits per heavy atom. The number of rotatable bonds is 5. The van der Waals surface area contributed by atoms with Crippen LogP contribution in [0.3, 0.4) is 0 Å². The average molecular weight is 634 g/mol. The standard InChI is InChI=1S/C41H23N5O3/c1-3-10-24(11-4-1)40-42-31-22-26(18-20-34(31)48-40)37-44-38(27-19-21-35-32(23-27)43-41(49-35)25-12-5-2-6-13-25)46-39(45-37)30-16-9-15-29-28-14-7-8-17-33(28)47-36(29)30/h1-23H. The Bertz CT molecular complexity index is 2700. The fourth-order valence-corrected chi connectivity index (χ4v) is 6.22. The zero-order valence-corrected chi connectivity index (χ0v) is 25.7. The summed E-state index contributed by atoms with van der Waals surface area (Å²) in [7, 11) is 0. The van der Waals surface area contributed by atoms with Crippen molar-refractivity contribution in [3.8, 4) is 57.1 Å².